The number of carbonyl (C=O) groups excluding carboxylic acids is 2. The van der Waals surface area contributed by atoms with Gasteiger partial charge in [0.05, 0.1) is 13.2 Å². The molecule has 30 heavy (non-hydrogen) atoms. The lowest BCUT2D eigenvalue weighted by atomic mass is 10.1. The first-order valence-corrected chi connectivity index (χ1v) is 10.3. The largest absolute Gasteiger partial charge is 0.378 e. The zero-order valence-corrected chi connectivity index (χ0v) is 17.5. The molecule has 0 spiro atoms. The number of urea groups is 1. The number of amides is 3. The fourth-order valence-electron chi connectivity index (χ4n) is 3.43. The molecule has 2 aromatic rings. The highest BCUT2D eigenvalue weighted by atomic mass is 16.5. The lowest BCUT2D eigenvalue weighted by Gasteiger charge is -2.30. The first-order valence-electron chi connectivity index (χ1n) is 10.3. The van der Waals surface area contributed by atoms with Gasteiger partial charge in [0, 0.05) is 51.9 Å². The fourth-order valence-corrected chi connectivity index (χ4v) is 3.43. The monoisotopic (exact) mass is 410 g/mol. The third-order valence-corrected chi connectivity index (χ3v) is 5.10. The Bertz CT molecular complexity index is 822. The lowest BCUT2D eigenvalue weighted by molar-refractivity contribution is -0.130. The number of hydrogen-bond donors (Lipinski definition) is 2. The molecule has 3 rings (SSSR count). The van der Waals surface area contributed by atoms with Gasteiger partial charge in [-0.15, -0.1) is 0 Å². The van der Waals surface area contributed by atoms with Gasteiger partial charge in [0.15, 0.2) is 0 Å². The molecular weight excluding hydrogens is 380 g/mol. The summed E-state index contributed by atoms with van der Waals surface area (Å²) in [5.41, 5.74) is 3.27. The Hall–Kier alpha value is -3.06. The van der Waals surface area contributed by atoms with Gasteiger partial charge in [-0.05, 0) is 17.2 Å². The van der Waals surface area contributed by atoms with Gasteiger partial charge in [-0.3, -0.25) is 4.79 Å². The van der Waals surface area contributed by atoms with Crippen LogP contribution in [0.2, 0.25) is 0 Å². The van der Waals surface area contributed by atoms with Crippen LogP contribution in [-0.2, 0) is 22.6 Å². The minimum absolute atomic E-state index is 0.00295. The first kappa shape index (κ1) is 21.6. The van der Waals surface area contributed by atoms with Gasteiger partial charge in [0.2, 0.25) is 5.91 Å². The van der Waals surface area contributed by atoms with Crippen molar-refractivity contribution in [3.63, 3.8) is 0 Å². The van der Waals surface area contributed by atoms with Crippen LogP contribution < -0.4 is 15.5 Å². The van der Waals surface area contributed by atoms with E-state index >= 15 is 0 Å². The van der Waals surface area contributed by atoms with Crippen LogP contribution in [0.3, 0.4) is 0 Å². The van der Waals surface area contributed by atoms with Gasteiger partial charge in [-0.1, -0.05) is 48.5 Å². The molecule has 1 saturated heterocycles. The standard InChI is InChI=1S/C23H30N4O3/c1-26(18-19-7-3-2-4-8-19)22(28)11-12-24-23(29)25-17-20-9-5-6-10-21(20)27-13-15-30-16-14-27/h2-10H,11-18H2,1H3,(H2,24,25,29). The van der Waals surface area contributed by atoms with E-state index in [1.54, 1.807) is 11.9 Å². The van der Waals surface area contributed by atoms with E-state index in [2.05, 4.69) is 21.6 Å². The maximum atomic E-state index is 12.3. The Kier molecular flexibility index (Phi) is 8.09. The average Bonchev–Trinajstić information content (AvgIpc) is 2.79. The maximum Gasteiger partial charge on any atom is 0.315 e. The topological polar surface area (TPSA) is 73.9 Å². The van der Waals surface area contributed by atoms with Crippen LogP contribution in [0.4, 0.5) is 10.5 Å². The van der Waals surface area contributed by atoms with Crippen LogP contribution >= 0.6 is 0 Å². The van der Waals surface area contributed by atoms with Gasteiger partial charge < -0.3 is 25.2 Å². The number of ether oxygens (including phenoxy) is 1. The molecule has 1 aliphatic heterocycles. The SMILES string of the molecule is CN(Cc1ccccc1)C(=O)CCNC(=O)NCc1ccccc1N1CCOCC1. The average molecular weight is 411 g/mol. The summed E-state index contributed by atoms with van der Waals surface area (Å²) in [5.74, 6) is -0.00295. The molecular formula is C23H30N4O3. The summed E-state index contributed by atoms with van der Waals surface area (Å²) in [5, 5.41) is 5.66. The maximum absolute atomic E-state index is 12.3. The van der Waals surface area contributed by atoms with E-state index < -0.39 is 0 Å². The van der Waals surface area contributed by atoms with Crippen LogP contribution in [-0.4, -0.2) is 56.7 Å². The molecule has 0 atom stereocenters. The molecule has 1 aliphatic rings. The molecule has 3 amide bonds. The number of carbonyl (C=O) groups is 2. The van der Waals surface area contributed by atoms with E-state index in [0.29, 0.717) is 19.6 Å². The number of nitrogens with zero attached hydrogens (tertiary/aromatic N) is 2. The highest BCUT2D eigenvalue weighted by Crippen LogP contribution is 2.21. The molecule has 2 aromatic carbocycles. The second kappa shape index (κ2) is 11.2. The van der Waals surface area contributed by atoms with E-state index in [1.165, 1.54) is 0 Å². The number of rotatable bonds is 8. The van der Waals surface area contributed by atoms with Crippen molar-refractivity contribution in [2.45, 2.75) is 19.5 Å². The number of anilines is 1. The van der Waals surface area contributed by atoms with Crippen LogP contribution in [0, 0.1) is 0 Å². The van der Waals surface area contributed by atoms with Crippen molar-refractivity contribution in [2.75, 3.05) is 44.8 Å². The predicted molar refractivity (Wildman–Crippen MR) is 117 cm³/mol. The van der Waals surface area contributed by atoms with Gasteiger partial charge in [-0.2, -0.15) is 0 Å². The van der Waals surface area contributed by atoms with Crippen LogP contribution in [0.5, 0.6) is 0 Å². The molecule has 0 aromatic heterocycles. The van der Waals surface area contributed by atoms with Crippen molar-refractivity contribution in [3.05, 3.63) is 65.7 Å². The van der Waals surface area contributed by atoms with Crippen molar-refractivity contribution in [3.8, 4) is 0 Å². The Morgan fingerprint density at radius 1 is 1.00 bits per heavy atom. The van der Waals surface area contributed by atoms with E-state index in [0.717, 1.165) is 43.1 Å². The number of morpholine rings is 1. The lowest BCUT2D eigenvalue weighted by Crippen LogP contribution is -2.39. The molecule has 7 nitrogen and oxygen atoms in total. The summed E-state index contributed by atoms with van der Waals surface area (Å²) < 4.78 is 5.42. The quantitative estimate of drug-likeness (QED) is 0.701. The first-order chi connectivity index (χ1) is 14.6. The molecule has 0 saturated carbocycles. The third-order valence-electron chi connectivity index (χ3n) is 5.10. The van der Waals surface area contributed by atoms with Crippen molar-refractivity contribution in [1.82, 2.24) is 15.5 Å². The molecule has 7 heteroatoms. The Morgan fingerprint density at radius 2 is 1.70 bits per heavy atom. The van der Waals surface area contributed by atoms with Crippen molar-refractivity contribution < 1.29 is 14.3 Å². The van der Waals surface area contributed by atoms with Crippen molar-refractivity contribution >= 4 is 17.6 Å². The summed E-state index contributed by atoms with van der Waals surface area (Å²) >= 11 is 0. The van der Waals surface area contributed by atoms with Crippen LogP contribution in [0.1, 0.15) is 17.5 Å². The van der Waals surface area contributed by atoms with Gasteiger partial charge >= 0.3 is 6.03 Å². The number of benzene rings is 2. The third kappa shape index (κ3) is 6.49. The molecule has 1 fully saturated rings. The molecule has 0 aliphatic carbocycles. The predicted octanol–water partition coefficient (Wildman–Crippen LogP) is 2.37. The summed E-state index contributed by atoms with van der Waals surface area (Å²) in [6, 6.07) is 17.6. The molecule has 160 valence electrons. The van der Waals surface area contributed by atoms with E-state index in [9.17, 15) is 9.59 Å². The molecule has 0 unspecified atom stereocenters. The minimum atomic E-state index is -0.273. The smallest absolute Gasteiger partial charge is 0.315 e. The highest BCUT2D eigenvalue weighted by molar-refractivity contribution is 5.78. The molecule has 0 radical (unpaired) electrons. The Morgan fingerprint density at radius 3 is 2.47 bits per heavy atom. The zero-order valence-electron chi connectivity index (χ0n) is 17.5. The number of hydrogen-bond acceptors (Lipinski definition) is 4. The summed E-state index contributed by atoms with van der Waals surface area (Å²) in [6.45, 7) is 4.42. The summed E-state index contributed by atoms with van der Waals surface area (Å²) in [6.07, 6.45) is 0.265. The molecule has 0 bridgehead atoms. The second-order valence-corrected chi connectivity index (χ2v) is 7.32. The highest BCUT2D eigenvalue weighted by Gasteiger charge is 2.15. The second-order valence-electron chi connectivity index (χ2n) is 7.32. The van der Waals surface area contributed by atoms with E-state index in [1.807, 2.05) is 48.5 Å². The molecule has 2 N–H and O–H groups in total. The Labute approximate surface area is 178 Å². The van der Waals surface area contributed by atoms with Gasteiger partial charge in [0.1, 0.15) is 0 Å². The van der Waals surface area contributed by atoms with E-state index in [-0.39, 0.29) is 18.4 Å². The number of para-hydroxylation sites is 1. The molecule has 1 heterocycles. The van der Waals surface area contributed by atoms with Gasteiger partial charge in [-0.25, -0.2) is 4.79 Å². The minimum Gasteiger partial charge on any atom is -0.378 e. The zero-order chi connectivity index (χ0) is 21.2. The fraction of sp³-hybridized carbons (Fsp3) is 0.391. The number of nitrogens with one attached hydrogen (secondary N) is 2. The normalized spacial score (nSPS) is 13.6. The van der Waals surface area contributed by atoms with Crippen LogP contribution in [0.25, 0.3) is 0 Å². The van der Waals surface area contributed by atoms with Gasteiger partial charge in [0.25, 0.3) is 0 Å². The van der Waals surface area contributed by atoms with Crippen LogP contribution in [0.15, 0.2) is 54.6 Å². The Balaban J connectivity index is 1.39. The summed E-state index contributed by atoms with van der Waals surface area (Å²) in [4.78, 5) is 28.4. The van der Waals surface area contributed by atoms with Crippen molar-refractivity contribution in [1.29, 1.82) is 0 Å². The van der Waals surface area contributed by atoms with Crippen molar-refractivity contribution in [2.24, 2.45) is 0 Å². The van der Waals surface area contributed by atoms with E-state index in [4.69, 9.17) is 4.74 Å². The summed E-state index contributed by atoms with van der Waals surface area (Å²) in [7, 11) is 1.78.